The minimum absolute atomic E-state index is 0.211. The van der Waals surface area contributed by atoms with Crippen LogP contribution >= 0.6 is 11.6 Å². The van der Waals surface area contributed by atoms with Crippen LogP contribution in [-0.4, -0.2) is 22.1 Å². The molecule has 0 radical (unpaired) electrons. The number of imidazole rings is 1. The number of urea groups is 1. The zero-order valence-corrected chi connectivity index (χ0v) is 16.9. The molecule has 0 spiro atoms. The summed E-state index contributed by atoms with van der Waals surface area (Å²) in [6.45, 7) is 5.54. The van der Waals surface area contributed by atoms with Crippen molar-refractivity contribution < 1.29 is 4.79 Å². The van der Waals surface area contributed by atoms with E-state index in [-0.39, 0.29) is 6.03 Å². The Balaban J connectivity index is 1.52. The number of nitrogens with zero attached hydrogens (tertiary/aromatic N) is 2. The molecular formula is C22H25ClN4O. The van der Waals surface area contributed by atoms with Gasteiger partial charge in [-0.25, -0.2) is 9.78 Å². The zero-order chi connectivity index (χ0) is 19.9. The van der Waals surface area contributed by atoms with Crippen LogP contribution in [0.4, 0.5) is 10.5 Å². The Morgan fingerprint density at radius 1 is 1.14 bits per heavy atom. The molecular weight excluding hydrogens is 372 g/mol. The highest BCUT2D eigenvalue weighted by atomic mass is 35.5. The van der Waals surface area contributed by atoms with Gasteiger partial charge in [0.25, 0.3) is 0 Å². The van der Waals surface area contributed by atoms with Crippen LogP contribution in [0.2, 0.25) is 5.02 Å². The van der Waals surface area contributed by atoms with Crippen molar-refractivity contribution in [3.63, 3.8) is 0 Å². The number of anilines is 1. The van der Waals surface area contributed by atoms with Crippen LogP contribution in [0.15, 0.2) is 60.9 Å². The second-order valence-electron chi connectivity index (χ2n) is 7.03. The molecule has 2 N–H and O–H groups in total. The highest BCUT2D eigenvalue weighted by Crippen LogP contribution is 2.16. The maximum Gasteiger partial charge on any atom is 0.319 e. The molecule has 0 aliphatic carbocycles. The van der Waals surface area contributed by atoms with Gasteiger partial charge in [0.1, 0.15) is 5.82 Å². The molecule has 3 rings (SSSR count). The van der Waals surface area contributed by atoms with E-state index in [4.69, 9.17) is 11.6 Å². The van der Waals surface area contributed by atoms with Gasteiger partial charge >= 0.3 is 6.03 Å². The fraction of sp³-hybridized carbons (Fsp3) is 0.273. The van der Waals surface area contributed by atoms with Crippen LogP contribution < -0.4 is 10.6 Å². The molecule has 2 aromatic carbocycles. The summed E-state index contributed by atoms with van der Waals surface area (Å²) in [4.78, 5) is 16.6. The summed E-state index contributed by atoms with van der Waals surface area (Å²) >= 11 is 5.88. The SMILES string of the molecule is CC(C)c1nccn1Cc1cccc(NC(=O)NCCc2ccc(Cl)cc2)c1. The summed E-state index contributed by atoms with van der Waals surface area (Å²) in [7, 11) is 0. The van der Waals surface area contributed by atoms with Gasteiger partial charge in [0, 0.05) is 42.1 Å². The number of aromatic nitrogens is 2. The lowest BCUT2D eigenvalue weighted by atomic mass is 10.1. The molecule has 0 aliphatic heterocycles. The van der Waals surface area contributed by atoms with E-state index < -0.39 is 0 Å². The number of rotatable bonds is 7. The van der Waals surface area contributed by atoms with Gasteiger partial charge in [0.15, 0.2) is 0 Å². The first-order chi connectivity index (χ1) is 13.5. The van der Waals surface area contributed by atoms with E-state index in [1.807, 2.05) is 60.9 Å². The fourth-order valence-corrected chi connectivity index (χ4v) is 3.17. The van der Waals surface area contributed by atoms with Gasteiger partial charge in [-0.3, -0.25) is 0 Å². The van der Waals surface area contributed by atoms with E-state index in [0.717, 1.165) is 35.6 Å². The summed E-state index contributed by atoms with van der Waals surface area (Å²) < 4.78 is 2.13. The number of carbonyl (C=O) groups excluding carboxylic acids is 1. The average molecular weight is 397 g/mol. The molecule has 0 atom stereocenters. The number of benzene rings is 2. The van der Waals surface area contributed by atoms with Gasteiger partial charge in [0.05, 0.1) is 0 Å². The second-order valence-corrected chi connectivity index (χ2v) is 7.46. The normalized spacial score (nSPS) is 10.9. The van der Waals surface area contributed by atoms with Crippen molar-refractivity contribution >= 4 is 23.3 Å². The Morgan fingerprint density at radius 2 is 1.93 bits per heavy atom. The molecule has 1 aromatic heterocycles. The zero-order valence-electron chi connectivity index (χ0n) is 16.2. The molecule has 0 fully saturated rings. The molecule has 3 aromatic rings. The predicted molar refractivity (Wildman–Crippen MR) is 114 cm³/mol. The van der Waals surface area contributed by atoms with Crippen LogP contribution in [0.3, 0.4) is 0 Å². The van der Waals surface area contributed by atoms with Gasteiger partial charge in [-0.15, -0.1) is 0 Å². The molecule has 0 aliphatic rings. The van der Waals surface area contributed by atoms with Crippen molar-refractivity contribution in [2.45, 2.75) is 32.7 Å². The number of amides is 2. The van der Waals surface area contributed by atoms with Gasteiger partial charge < -0.3 is 15.2 Å². The molecule has 28 heavy (non-hydrogen) atoms. The summed E-state index contributed by atoms with van der Waals surface area (Å²) in [5, 5.41) is 6.50. The van der Waals surface area contributed by atoms with Crippen molar-refractivity contribution in [3.8, 4) is 0 Å². The molecule has 0 saturated heterocycles. The predicted octanol–water partition coefficient (Wildman–Crippen LogP) is 5.07. The van der Waals surface area contributed by atoms with Crippen molar-refractivity contribution in [1.29, 1.82) is 0 Å². The number of carbonyl (C=O) groups is 1. The quantitative estimate of drug-likeness (QED) is 0.585. The molecule has 0 unspecified atom stereocenters. The first-order valence-electron chi connectivity index (χ1n) is 9.40. The number of hydrogen-bond acceptors (Lipinski definition) is 2. The lowest BCUT2D eigenvalue weighted by molar-refractivity contribution is 0.252. The smallest absolute Gasteiger partial charge is 0.319 e. The summed E-state index contributed by atoms with van der Waals surface area (Å²) in [6.07, 6.45) is 4.56. The third-order valence-corrected chi connectivity index (χ3v) is 4.67. The fourth-order valence-electron chi connectivity index (χ4n) is 3.05. The van der Waals surface area contributed by atoms with E-state index >= 15 is 0 Å². The number of nitrogens with one attached hydrogen (secondary N) is 2. The first-order valence-corrected chi connectivity index (χ1v) is 9.78. The summed E-state index contributed by atoms with van der Waals surface area (Å²) in [5.74, 6) is 1.42. The minimum Gasteiger partial charge on any atom is -0.338 e. The van der Waals surface area contributed by atoms with Gasteiger partial charge in [-0.2, -0.15) is 0 Å². The van der Waals surface area contributed by atoms with Crippen molar-refractivity contribution in [1.82, 2.24) is 14.9 Å². The first kappa shape index (κ1) is 20.0. The lowest BCUT2D eigenvalue weighted by Gasteiger charge is -2.12. The molecule has 6 heteroatoms. The maximum atomic E-state index is 12.2. The highest BCUT2D eigenvalue weighted by molar-refractivity contribution is 6.30. The highest BCUT2D eigenvalue weighted by Gasteiger charge is 2.08. The van der Waals surface area contributed by atoms with Crippen LogP contribution in [-0.2, 0) is 13.0 Å². The van der Waals surface area contributed by atoms with Crippen LogP contribution in [0.25, 0.3) is 0 Å². The molecule has 5 nitrogen and oxygen atoms in total. The minimum atomic E-state index is -0.211. The molecule has 146 valence electrons. The Morgan fingerprint density at radius 3 is 2.68 bits per heavy atom. The topological polar surface area (TPSA) is 59.0 Å². The largest absolute Gasteiger partial charge is 0.338 e. The van der Waals surface area contributed by atoms with Crippen molar-refractivity contribution in [2.24, 2.45) is 0 Å². The summed E-state index contributed by atoms with van der Waals surface area (Å²) in [5.41, 5.74) is 3.01. The van der Waals surface area contributed by atoms with E-state index in [9.17, 15) is 4.79 Å². The van der Waals surface area contributed by atoms with Gasteiger partial charge in [0.2, 0.25) is 0 Å². The molecule has 0 saturated carbocycles. The van der Waals surface area contributed by atoms with E-state index in [0.29, 0.717) is 17.5 Å². The summed E-state index contributed by atoms with van der Waals surface area (Å²) in [6, 6.07) is 15.3. The van der Waals surface area contributed by atoms with Gasteiger partial charge in [-0.1, -0.05) is 49.7 Å². The van der Waals surface area contributed by atoms with Crippen LogP contribution in [0, 0.1) is 0 Å². The maximum absolute atomic E-state index is 12.2. The Kier molecular flexibility index (Phi) is 6.71. The van der Waals surface area contributed by atoms with E-state index in [1.54, 1.807) is 0 Å². The number of hydrogen-bond donors (Lipinski definition) is 2. The van der Waals surface area contributed by atoms with E-state index in [2.05, 4.69) is 34.0 Å². The lowest BCUT2D eigenvalue weighted by Crippen LogP contribution is -2.30. The molecule has 0 bridgehead atoms. The Hall–Kier alpha value is -2.79. The number of halogens is 1. The van der Waals surface area contributed by atoms with Crippen LogP contribution in [0.1, 0.15) is 36.7 Å². The van der Waals surface area contributed by atoms with Crippen molar-refractivity contribution in [3.05, 3.63) is 82.9 Å². The van der Waals surface area contributed by atoms with Gasteiger partial charge in [-0.05, 0) is 41.8 Å². The molecule has 1 heterocycles. The van der Waals surface area contributed by atoms with E-state index in [1.165, 1.54) is 0 Å². The molecule has 2 amide bonds. The third kappa shape index (κ3) is 5.60. The third-order valence-electron chi connectivity index (χ3n) is 4.41. The monoisotopic (exact) mass is 396 g/mol. The average Bonchev–Trinajstić information content (AvgIpc) is 3.12. The second kappa shape index (κ2) is 9.42. The van der Waals surface area contributed by atoms with Crippen molar-refractivity contribution in [2.75, 3.05) is 11.9 Å². The Labute approximate surface area is 170 Å². The standard InChI is InChI=1S/C22H25ClN4O/c1-16(2)21-24-12-13-27(21)15-18-4-3-5-20(14-18)26-22(28)25-11-10-17-6-8-19(23)9-7-17/h3-9,12-14,16H,10-11,15H2,1-2H3,(H2,25,26,28). The van der Waals surface area contributed by atoms with Crippen LogP contribution in [0.5, 0.6) is 0 Å². The Bertz CT molecular complexity index is 918.